The summed E-state index contributed by atoms with van der Waals surface area (Å²) >= 11 is 0. The largest absolute Gasteiger partial charge is 0.435 e. The summed E-state index contributed by atoms with van der Waals surface area (Å²) in [5, 5.41) is 9.70. The second-order valence-electron chi connectivity index (χ2n) is 5.19. The Morgan fingerprint density at radius 2 is 2.00 bits per heavy atom. The van der Waals surface area contributed by atoms with Crippen LogP contribution in [-0.2, 0) is 6.18 Å². The summed E-state index contributed by atoms with van der Waals surface area (Å²) in [7, 11) is 0. The Hall–Kier alpha value is -2.45. The number of pyridine rings is 1. The molecule has 0 saturated carbocycles. The topological polar surface area (TPSA) is 53.9 Å². The van der Waals surface area contributed by atoms with Gasteiger partial charge in [0.15, 0.2) is 17.3 Å². The highest BCUT2D eigenvalue weighted by Crippen LogP contribution is 2.27. The average Bonchev–Trinajstić information content (AvgIpc) is 2.95. The van der Waals surface area contributed by atoms with E-state index in [1.165, 1.54) is 24.4 Å². The molecular formula is C14H13F4N5. The van der Waals surface area contributed by atoms with Crippen LogP contribution < -0.4 is 10.2 Å². The molecule has 2 aromatic heterocycles. The van der Waals surface area contributed by atoms with Gasteiger partial charge in [-0.25, -0.2) is 9.37 Å². The molecule has 0 spiro atoms. The van der Waals surface area contributed by atoms with Crippen LogP contribution in [0.2, 0.25) is 0 Å². The number of halogens is 4. The van der Waals surface area contributed by atoms with E-state index >= 15 is 0 Å². The number of aromatic nitrogens is 3. The van der Waals surface area contributed by atoms with Gasteiger partial charge in [0.05, 0.1) is 0 Å². The third-order valence-electron chi connectivity index (χ3n) is 3.53. The van der Waals surface area contributed by atoms with Gasteiger partial charge in [-0.15, -0.1) is 10.2 Å². The predicted molar refractivity (Wildman–Crippen MR) is 75.5 cm³/mol. The van der Waals surface area contributed by atoms with Gasteiger partial charge in [0.1, 0.15) is 5.82 Å². The molecule has 0 radical (unpaired) electrons. The maximum atomic E-state index is 13.7. The summed E-state index contributed by atoms with van der Waals surface area (Å²) in [5.74, 6) is 0.129. The minimum Gasteiger partial charge on any atom is -0.364 e. The monoisotopic (exact) mass is 327 g/mol. The average molecular weight is 327 g/mol. The van der Waals surface area contributed by atoms with Crippen molar-refractivity contribution in [3.63, 3.8) is 0 Å². The maximum Gasteiger partial charge on any atom is 0.435 e. The molecule has 9 heteroatoms. The third-order valence-corrected chi connectivity index (χ3v) is 3.53. The van der Waals surface area contributed by atoms with Crippen LogP contribution >= 0.6 is 0 Å². The highest BCUT2D eigenvalue weighted by molar-refractivity contribution is 5.43. The van der Waals surface area contributed by atoms with Gasteiger partial charge in [-0.1, -0.05) is 0 Å². The first kappa shape index (κ1) is 15.4. The fourth-order valence-corrected chi connectivity index (χ4v) is 2.45. The van der Waals surface area contributed by atoms with Gasteiger partial charge in [0, 0.05) is 25.3 Å². The molecule has 0 bridgehead atoms. The zero-order valence-corrected chi connectivity index (χ0v) is 11.9. The molecule has 1 N–H and O–H groups in total. The Balaban J connectivity index is 1.63. The van der Waals surface area contributed by atoms with Gasteiger partial charge in [0.25, 0.3) is 0 Å². The first-order valence-electron chi connectivity index (χ1n) is 6.96. The van der Waals surface area contributed by atoms with E-state index in [2.05, 4.69) is 20.5 Å². The number of hydrogen-bond donors (Lipinski definition) is 1. The Morgan fingerprint density at radius 3 is 2.65 bits per heavy atom. The van der Waals surface area contributed by atoms with E-state index in [-0.39, 0.29) is 17.7 Å². The zero-order chi connectivity index (χ0) is 16.4. The maximum absolute atomic E-state index is 13.7. The molecule has 1 aliphatic rings. The van der Waals surface area contributed by atoms with E-state index in [0.29, 0.717) is 19.5 Å². The molecule has 1 unspecified atom stereocenters. The van der Waals surface area contributed by atoms with Crippen LogP contribution in [0.5, 0.6) is 0 Å². The van der Waals surface area contributed by atoms with Gasteiger partial charge in [0.2, 0.25) is 0 Å². The number of nitrogens with zero attached hydrogens (tertiary/aromatic N) is 4. The summed E-state index contributed by atoms with van der Waals surface area (Å²) in [5.41, 5.74) is -1.04. The van der Waals surface area contributed by atoms with E-state index in [1.807, 2.05) is 0 Å². The number of hydrogen-bond acceptors (Lipinski definition) is 5. The van der Waals surface area contributed by atoms with Crippen LogP contribution in [0.3, 0.4) is 0 Å². The molecule has 3 heterocycles. The van der Waals surface area contributed by atoms with E-state index in [9.17, 15) is 17.6 Å². The number of nitrogens with one attached hydrogen (secondary N) is 1. The normalized spacial score (nSPS) is 18.3. The molecule has 1 aliphatic heterocycles. The number of anilines is 2. The van der Waals surface area contributed by atoms with Gasteiger partial charge in [-0.2, -0.15) is 13.2 Å². The lowest BCUT2D eigenvalue weighted by Gasteiger charge is -2.18. The van der Waals surface area contributed by atoms with Crippen LogP contribution in [0.4, 0.5) is 29.2 Å². The van der Waals surface area contributed by atoms with Crippen molar-refractivity contribution in [3.05, 3.63) is 42.0 Å². The first-order chi connectivity index (χ1) is 10.9. The minimum atomic E-state index is -4.51. The highest BCUT2D eigenvalue weighted by atomic mass is 19.4. The quantitative estimate of drug-likeness (QED) is 0.879. The number of rotatable bonds is 3. The molecule has 5 nitrogen and oxygen atoms in total. The highest BCUT2D eigenvalue weighted by Gasteiger charge is 2.33. The summed E-state index contributed by atoms with van der Waals surface area (Å²) in [4.78, 5) is 5.79. The van der Waals surface area contributed by atoms with Crippen molar-refractivity contribution >= 4 is 11.6 Å². The van der Waals surface area contributed by atoms with Crippen LogP contribution in [0.1, 0.15) is 12.1 Å². The van der Waals surface area contributed by atoms with Crippen molar-refractivity contribution in [3.8, 4) is 0 Å². The van der Waals surface area contributed by atoms with Gasteiger partial charge in [-0.05, 0) is 30.7 Å². The van der Waals surface area contributed by atoms with Crippen molar-refractivity contribution in [1.29, 1.82) is 0 Å². The van der Waals surface area contributed by atoms with Gasteiger partial charge < -0.3 is 10.2 Å². The van der Waals surface area contributed by atoms with Crippen molar-refractivity contribution < 1.29 is 17.6 Å². The molecule has 0 aromatic carbocycles. The third kappa shape index (κ3) is 3.49. The summed E-state index contributed by atoms with van der Waals surface area (Å²) in [6.45, 7) is 1.08. The van der Waals surface area contributed by atoms with Crippen molar-refractivity contribution in [2.24, 2.45) is 0 Å². The van der Waals surface area contributed by atoms with E-state index in [1.54, 1.807) is 4.90 Å². The standard InChI is InChI=1S/C14H13F4N5/c15-10-2-1-6-19-13(10)23-7-5-9(8-23)20-12-4-3-11(21-22-12)14(16,17)18/h1-4,6,9H,5,7-8H2,(H,20,22). The van der Waals surface area contributed by atoms with Crippen LogP contribution in [0.25, 0.3) is 0 Å². The molecule has 1 saturated heterocycles. The van der Waals surface area contributed by atoms with Crippen LogP contribution in [-0.4, -0.2) is 34.3 Å². The molecule has 3 rings (SSSR count). The lowest BCUT2D eigenvalue weighted by atomic mass is 10.2. The lowest BCUT2D eigenvalue weighted by molar-refractivity contribution is -0.141. The molecular weight excluding hydrogens is 314 g/mol. The Morgan fingerprint density at radius 1 is 1.17 bits per heavy atom. The van der Waals surface area contributed by atoms with Crippen LogP contribution in [0.15, 0.2) is 30.5 Å². The van der Waals surface area contributed by atoms with Gasteiger partial charge >= 0.3 is 6.18 Å². The van der Waals surface area contributed by atoms with Crippen molar-refractivity contribution in [2.45, 2.75) is 18.6 Å². The SMILES string of the molecule is Fc1cccnc1N1CCC(Nc2ccc(C(F)(F)F)nn2)C1. The Kier molecular flexibility index (Phi) is 4.01. The molecule has 1 fully saturated rings. The van der Waals surface area contributed by atoms with E-state index < -0.39 is 17.7 Å². The Labute approximate surface area is 129 Å². The number of alkyl halides is 3. The fourth-order valence-electron chi connectivity index (χ4n) is 2.45. The smallest absolute Gasteiger partial charge is 0.364 e. The van der Waals surface area contributed by atoms with Gasteiger partial charge in [-0.3, -0.25) is 0 Å². The molecule has 2 aromatic rings. The van der Waals surface area contributed by atoms with Crippen molar-refractivity contribution in [1.82, 2.24) is 15.2 Å². The molecule has 1 atom stereocenters. The van der Waals surface area contributed by atoms with Crippen LogP contribution in [0, 0.1) is 5.82 Å². The summed E-state index contributed by atoms with van der Waals surface area (Å²) < 4.78 is 51.0. The van der Waals surface area contributed by atoms with E-state index in [4.69, 9.17) is 0 Å². The summed E-state index contributed by atoms with van der Waals surface area (Å²) in [6, 6.07) is 4.90. The first-order valence-corrected chi connectivity index (χ1v) is 6.96. The minimum absolute atomic E-state index is 0.0672. The molecule has 122 valence electrons. The fraction of sp³-hybridized carbons (Fsp3) is 0.357. The van der Waals surface area contributed by atoms with Crippen molar-refractivity contribution in [2.75, 3.05) is 23.3 Å². The second-order valence-corrected chi connectivity index (χ2v) is 5.19. The Bertz CT molecular complexity index is 674. The predicted octanol–water partition coefficient (Wildman–Crippen LogP) is 2.72. The lowest BCUT2D eigenvalue weighted by Crippen LogP contribution is -2.27. The zero-order valence-electron chi connectivity index (χ0n) is 11.9. The summed E-state index contributed by atoms with van der Waals surface area (Å²) in [6.07, 6.45) is -2.30. The molecule has 0 amide bonds. The molecule has 23 heavy (non-hydrogen) atoms. The van der Waals surface area contributed by atoms with E-state index in [0.717, 1.165) is 6.07 Å². The molecule has 0 aliphatic carbocycles. The second kappa shape index (κ2) is 5.98.